The number of aromatic nitrogens is 2. The molecule has 1 amide bonds. The van der Waals surface area contributed by atoms with E-state index in [-0.39, 0.29) is 44.7 Å². The van der Waals surface area contributed by atoms with Crippen LogP contribution < -0.4 is 20.9 Å². The van der Waals surface area contributed by atoms with Gasteiger partial charge in [-0.3, -0.25) is 9.69 Å². The van der Waals surface area contributed by atoms with Gasteiger partial charge in [0.2, 0.25) is 5.88 Å². The normalized spacial score (nSPS) is 13.1. The molecular formula is C22H29Cl2N5O5. The minimum Gasteiger partial charge on any atom is -0.443 e. The maximum Gasteiger partial charge on any atom is 0.415 e. The molecule has 34 heavy (non-hydrogen) atoms. The number of aryl methyl sites for hydroxylation is 1. The largest absolute Gasteiger partial charge is 0.443 e. The number of rotatable bonds is 6. The minimum atomic E-state index is -0.891. The molecule has 0 aliphatic carbocycles. The third kappa shape index (κ3) is 6.32. The number of nitrogens with zero attached hydrogens (tertiary/aromatic N) is 4. The summed E-state index contributed by atoms with van der Waals surface area (Å²) >= 11 is 12.9. The molecule has 0 aliphatic rings. The van der Waals surface area contributed by atoms with Crippen molar-refractivity contribution in [3.05, 3.63) is 44.2 Å². The van der Waals surface area contributed by atoms with Gasteiger partial charge in [0.05, 0.1) is 21.8 Å². The Morgan fingerprint density at radius 1 is 1.21 bits per heavy atom. The van der Waals surface area contributed by atoms with Gasteiger partial charge >= 0.3 is 6.09 Å². The predicted molar refractivity (Wildman–Crippen MR) is 132 cm³/mol. The van der Waals surface area contributed by atoms with Gasteiger partial charge in [0.1, 0.15) is 5.60 Å². The van der Waals surface area contributed by atoms with Crippen LogP contribution in [-0.2, 0) is 11.8 Å². The lowest BCUT2D eigenvalue weighted by Crippen LogP contribution is -2.48. The van der Waals surface area contributed by atoms with E-state index in [2.05, 4.69) is 10.3 Å². The van der Waals surface area contributed by atoms with Crippen LogP contribution in [0.5, 0.6) is 11.6 Å². The van der Waals surface area contributed by atoms with Crippen LogP contribution >= 0.6 is 23.2 Å². The monoisotopic (exact) mass is 513 g/mol. The van der Waals surface area contributed by atoms with Crippen LogP contribution in [0.2, 0.25) is 10.0 Å². The molecule has 1 atom stereocenters. The number of carbonyl (C=O) groups is 1. The zero-order chi connectivity index (χ0) is 26.0. The van der Waals surface area contributed by atoms with Gasteiger partial charge in [-0.2, -0.15) is 0 Å². The molecule has 10 nitrogen and oxygen atoms in total. The molecule has 1 unspecified atom stereocenters. The second-order valence-corrected chi connectivity index (χ2v) is 9.73. The minimum absolute atomic E-state index is 0.0557. The fourth-order valence-electron chi connectivity index (χ4n) is 2.97. The van der Waals surface area contributed by atoms with Gasteiger partial charge in [0, 0.05) is 18.7 Å². The molecule has 0 spiro atoms. The van der Waals surface area contributed by atoms with E-state index < -0.39 is 17.7 Å². The highest BCUT2D eigenvalue weighted by Gasteiger charge is 2.31. The second kappa shape index (κ2) is 10.5. The molecule has 0 bridgehead atoms. The summed E-state index contributed by atoms with van der Waals surface area (Å²) < 4.78 is 12.5. The summed E-state index contributed by atoms with van der Waals surface area (Å²) in [6, 6.07) is 3.50. The first-order valence-electron chi connectivity index (χ1n) is 10.4. The van der Waals surface area contributed by atoms with Gasteiger partial charge < -0.3 is 20.4 Å². The van der Waals surface area contributed by atoms with Gasteiger partial charge in [-0.15, -0.1) is 5.10 Å². The number of hydrogen-bond acceptors (Lipinski definition) is 7. The summed E-state index contributed by atoms with van der Waals surface area (Å²) in [5.74, 6) is -0.0844. The lowest BCUT2D eigenvalue weighted by atomic mass is 10.1. The zero-order valence-electron chi connectivity index (χ0n) is 20.1. The number of amidine groups is 1. The van der Waals surface area contributed by atoms with Crippen molar-refractivity contribution in [2.24, 2.45) is 17.9 Å². The smallest absolute Gasteiger partial charge is 0.415 e. The average Bonchev–Trinajstić information content (AvgIpc) is 2.70. The molecule has 2 aromatic rings. The van der Waals surface area contributed by atoms with Gasteiger partial charge in [-0.1, -0.05) is 42.2 Å². The summed E-state index contributed by atoms with van der Waals surface area (Å²) in [7, 11) is 1.51. The Balaban J connectivity index is 2.53. The number of benzene rings is 1. The molecule has 0 fully saturated rings. The number of amides is 1. The van der Waals surface area contributed by atoms with Crippen LogP contribution in [0.3, 0.4) is 0 Å². The summed E-state index contributed by atoms with van der Waals surface area (Å²) in [4.78, 5) is 26.4. The number of oxime groups is 1. The molecule has 12 heteroatoms. The second-order valence-electron chi connectivity index (χ2n) is 8.91. The molecular weight excluding hydrogens is 485 g/mol. The third-order valence-electron chi connectivity index (χ3n) is 4.68. The van der Waals surface area contributed by atoms with Crippen molar-refractivity contribution in [2.75, 3.05) is 4.90 Å². The zero-order valence-corrected chi connectivity index (χ0v) is 21.6. The molecule has 0 aliphatic heterocycles. The Morgan fingerprint density at radius 2 is 1.76 bits per heavy atom. The van der Waals surface area contributed by atoms with Crippen molar-refractivity contribution >= 4 is 40.8 Å². The van der Waals surface area contributed by atoms with Crippen molar-refractivity contribution in [3.8, 4) is 11.6 Å². The fourth-order valence-corrected chi connectivity index (χ4v) is 3.52. The maximum atomic E-state index is 12.9. The van der Waals surface area contributed by atoms with E-state index in [1.165, 1.54) is 29.9 Å². The topological polar surface area (TPSA) is 132 Å². The Labute approximate surface area is 207 Å². The van der Waals surface area contributed by atoms with Crippen LogP contribution in [0.15, 0.2) is 28.1 Å². The molecule has 186 valence electrons. The van der Waals surface area contributed by atoms with Crippen molar-refractivity contribution in [1.29, 1.82) is 0 Å². The SMILES string of the molecule is CC(C)c1cc(Oc2c(Cl)cc(N(C(=O)OC(C)(C)C)C(C)/C(N)=N\O)cc2Cl)nn(C)c1=O. The van der Waals surface area contributed by atoms with Gasteiger partial charge in [0.25, 0.3) is 5.56 Å². The number of nitrogens with two attached hydrogens (primary N) is 1. The number of carbonyl (C=O) groups excluding carboxylic acids is 1. The summed E-state index contributed by atoms with van der Waals surface area (Å²) in [5.41, 5.74) is 5.45. The van der Waals surface area contributed by atoms with Crippen molar-refractivity contribution in [3.63, 3.8) is 0 Å². The molecule has 3 N–H and O–H groups in total. The Kier molecular flexibility index (Phi) is 8.44. The van der Waals surface area contributed by atoms with E-state index in [1.54, 1.807) is 27.7 Å². The first-order chi connectivity index (χ1) is 15.7. The predicted octanol–water partition coefficient (Wildman–Crippen LogP) is 4.88. The summed E-state index contributed by atoms with van der Waals surface area (Å²) in [6.45, 7) is 10.4. The van der Waals surface area contributed by atoms with E-state index in [0.717, 1.165) is 4.90 Å². The molecule has 0 saturated carbocycles. The molecule has 1 aromatic heterocycles. The Hall–Kier alpha value is -2.98. The highest BCUT2D eigenvalue weighted by atomic mass is 35.5. The molecule has 1 heterocycles. The maximum absolute atomic E-state index is 12.9. The van der Waals surface area contributed by atoms with Crippen molar-refractivity contribution in [1.82, 2.24) is 9.78 Å². The highest BCUT2D eigenvalue weighted by Crippen LogP contribution is 2.40. The van der Waals surface area contributed by atoms with Crippen molar-refractivity contribution in [2.45, 2.75) is 59.1 Å². The number of ether oxygens (including phenoxy) is 2. The molecule has 2 rings (SSSR count). The van der Waals surface area contributed by atoms with E-state index >= 15 is 0 Å². The van der Waals surface area contributed by atoms with Gasteiger partial charge in [-0.25, -0.2) is 9.48 Å². The number of anilines is 1. The fraction of sp³-hybridized carbons (Fsp3) is 0.455. The number of halogens is 2. The molecule has 0 saturated heterocycles. The molecule has 0 radical (unpaired) electrons. The van der Waals surface area contributed by atoms with E-state index in [4.69, 9.17) is 43.6 Å². The Bertz CT molecular complexity index is 1130. The standard InChI is InChI=1S/C22H29Cl2N5O5/c1-11(2)14-10-17(26-28(7)20(14)30)33-18-15(23)8-13(9-16(18)24)29(12(3)19(25)27-32)21(31)34-22(4,5)6/h8-12,32H,1-7H3,(H2,25,27). The first-order valence-corrected chi connectivity index (χ1v) is 11.2. The van der Waals surface area contributed by atoms with Gasteiger partial charge in [-0.05, 0) is 45.7 Å². The van der Waals surface area contributed by atoms with Crippen LogP contribution in [0.4, 0.5) is 10.5 Å². The van der Waals surface area contributed by atoms with Crippen LogP contribution in [0.25, 0.3) is 0 Å². The highest BCUT2D eigenvalue weighted by molar-refractivity contribution is 6.37. The quantitative estimate of drug-likeness (QED) is 0.243. The van der Waals surface area contributed by atoms with Crippen molar-refractivity contribution < 1.29 is 19.5 Å². The molecule has 1 aromatic carbocycles. The lowest BCUT2D eigenvalue weighted by molar-refractivity contribution is 0.0575. The van der Waals surface area contributed by atoms with Crippen LogP contribution in [0.1, 0.15) is 53.0 Å². The lowest BCUT2D eigenvalue weighted by Gasteiger charge is -2.31. The van der Waals surface area contributed by atoms with E-state index in [0.29, 0.717) is 5.56 Å². The number of hydrogen-bond donors (Lipinski definition) is 2. The van der Waals surface area contributed by atoms with Crippen LogP contribution in [-0.4, -0.2) is 38.6 Å². The summed E-state index contributed by atoms with van der Waals surface area (Å²) in [5, 5.41) is 16.3. The van der Waals surface area contributed by atoms with E-state index in [1.807, 2.05) is 13.8 Å². The average molecular weight is 514 g/mol. The van der Waals surface area contributed by atoms with Crippen LogP contribution in [0, 0.1) is 0 Å². The third-order valence-corrected chi connectivity index (χ3v) is 5.24. The summed E-state index contributed by atoms with van der Waals surface area (Å²) in [6.07, 6.45) is -0.756. The van der Waals surface area contributed by atoms with Gasteiger partial charge in [0.15, 0.2) is 11.6 Å². The first kappa shape index (κ1) is 27.3. The Morgan fingerprint density at radius 3 is 2.24 bits per heavy atom. The van der Waals surface area contributed by atoms with E-state index in [9.17, 15) is 9.59 Å².